The number of aromatic nitrogens is 1. The molecular weight excluding hydrogens is 220 g/mol. The quantitative estimate of drug-likeness (QED) is 0.706. The smallest absolute Gasteiger partial charge is 0.249 e. The molecule has 1 unspecified atom stereocenters. The molecule has 1 aliphatic rings. The summed E-state index contributed by atoms with van der Waals surface area (Å²) in [5.74, 6) is -0.586. The van der Waals surface area contributed by atoms with Gasteiger partial charge in [-0.3, -0.25) is 14.9 Å². The Morgan fingerprint density at radius 1 is 1.53 bits per heavy atom. The Morgan fingerprint density at radius 2 is 2.35 bits per heavy atom. The fourth-order valence-electron chi connectivity index (χ4n) is 1.61. The van der Waals surface area contributed by atoms with Gasteiger partial charge >= 0.3 is 0 Å². The van der Waals surface area contributed by atoms with Crippen molar-refractivity contribution in [2.24, 2.45) is 0 Å². The van der Waals surface area contributed by atoms with Gasteiger partial charge in [-0.05, 0) is 18.6 Å². The molecule has 17 heavy (non-hydrogen) atoms. The molecule has 2 heterocycles. The Morgan fingerprint density at radius 3 is 3.06 bits per heavy atom. The molecule has 1 aliphatic heterocycles. The van der Waals surface area contributed by atoms with Crippen LogP contribution in [0.5, 0.6) is 0 Å². The summed E-state index contributed by atoms with van der Waals surface area (Å²) in [4.78, 5) is 26.3. The predicted molar refractivity (Wildman–Crippen MR) is 58.7 cm³/mol. The molecule has 86 valence electrons. The van der Waals surface area contributed by atoms with Crippen molar-refractivity contribution >= 4 is 17.5 Å². The molecule has 1 saturated heterocycles. The average Bonchev–Trinajstić information content (AvgIpc) is 2.33. The van der Waals surface area contributed by atoms with Crippen LogP contribution in [-0.2, 0) is 9.59 Å². The summed E-state index contributed by atoms with van der Waals surface area (Å²) in [7, 11) is 0. The van der Waals surface area contributed by atoms with Crippen molar-refractivity contribution in [3.05, 3.63) is 24.0 Å². The molecule has 0 spiro atoms. The molecule has 1 aromatic heterocycles. The van der Waals surface area contributed by atoms with Crippen LogP contribution in [0.4, 0.5) is 5.69 Å². The van der Waals surface area contributed by atoms with Gasteiger partial charge in [-0.25, -0.2) is 4.98 Å². The molecule has 2 N–H and O–H groups in total. The van der Waals surface area contributed by atoms with E-state index in [2.05, 4.69) is 15.6 Å². The second-order valence-corrected chi connectivity index (χ2v) is 3.69. The van der Waals surface area contributed by atoms with Crippen molar-refractivity contribution in [3.8, 4) is 6.07 Å². The van der Waals surface area contributed by atoms with Crippen LogP contribution in [0.3, 0.4) is 0 Å². The van der Waals surface area contributed by atoms with Crippen LogP contribution in [0.15, 0.2) is 18.3 Å². The van der Waals surface area contributed by atoms with E-state index in [0.29, 0.717) is 18.5 Å². The summed E-state index contributed by atoms with van der Waals surface area (Å²) < 4.78 is 0. The van der Waals surface area contributed by atoms with Crippen molar-refractivity contribution in [1.29, 1.82) is 5.26 Å². The highest BCUT2D eigenvalue weighted by molar-refractivity contribution is 6.01. The van der Waals surface area contributed by atoms with E-state index >= 15 is 0 Å². The average molecular weight is 230 g/mol. The topological polar surface area (TPSA) is 94.9 Å². The monoisotopic (exact) mass is 230 g/mol. The molecule has 6 heteroatoms. The lowest BCUT2D eigenvalue weighted by atomic mass is 10.1. The first-order chi connectivity index (χ1) is 8.19. The molecule has 0 radical (unpaired) electrons. The number of imide groups is 1. The number of anilines is 1. The Hall–Kier alpha value is -2.42. The zero-order valence-electron chi connectivity index (χ0n) is 8.93. The highest BCUT2D eigenvalue weighted by atomic mass is 16.2. The van der Waals surface area contributed by atoms with Crippen molar-refractivity contribution in [1.82, 2.24) is 10.3 Å². The number of hydrogen-bond donors (Lipinski definition) is 2. The highest BCUT2D eigenvalue weighted by Crippen LogP contribution is 2.13. The van der Waals surface area contributed by atoms with Crippen LogP contribution >= 0.6 is 0 Å². The number of amides is 2. The van der Waals surface area contributed by atoms with Crippen LogP contribution in [-0.4, -0.2) is 22.8 Å². The third kappa shape index (κ3) is 2.58. The van der Waals surface area contributed by atoms with E-state index < -0.39 is 6.04 Å². The minimum absolute atomic E-state index is 0.250. The van der Waals surface area contributed by atoms with Crippen molar-refractivity contribution in [2.45, 2.75) is 18.9 Å². The van der Waals surface area contributed by atoms with Gasteiger partial charge in [0, 0.05) is 18.3 Å². The SMILES string of the molecule is N#Cc1cc(NC2CCC(=O)NC2=O)ccn1. The lowest BCUT2D eigenvalue weighted by Crippen LogP contribution is -2.47. The second kappa shape index (κ2) is 4.61. The number of hydrogen-bond acceptors (Lipinski definition) is 5. The number of rotatable bonds is 2. The first-order valence-corrected chi connectivity index (χ1v) is 5.15. The molecule has 2 rings (SSSR count). The van der Waals surface area contributed by atoms with Crippen LogP contribution in [0.2, 0.25) is 0 Å². The van der Waals surface area contributed by atoms with Crippen molar-refractivity contribution in [3.63, 3.8) is 0 Å². The standard InChI is InChI=1S/C11H10N4O2/c12-6-8-5-7(3-4-13-8)14-9-1-2-10(16)15-11(9)17/h3-5,9H,1-2H2,(H,13,14)(H,15,16,17). The second-order valence-electron chi connectivity index (χ2n) is 3.69. The van der Waals surface area contributed by atoms with Crippen LogP contribution in [0.1, 0.15) is 18.5 Å². The van der Waals surface area contributed by atoms with Crippen LogP contribution in [0.25, 0.3) is 0 Å². The van der Waals surface area contributed by atoms with E-state index in [-0.39, 0.29) is 17.5 Å². The Bertz CT molecular complexity index is 506. The van der Waals surface area contributed by atoms with E-state index in [1.54, 1.807) is 12.1 Å². The van der Waals surface area contributed by atoms with Crippen molar-refractivity contribution in [2.75, 3.05) is 5.32 Å². The van der Waals surface area contributed by atoms with Crippen LogP contribution in [0, 0.1) is 11.3 Å². The molecule has 0 aromatic carbocycles. The highest BCUT2D eigenvalue weighted by Gasteiger charge is 2.26. The number of nitriles is 1. The van der Waals surface area contributed by atoms with Gasteiger partial charge in [-0.2, -0.15) is 5.26 Å². The lowest BCUT2D eigenvalue weighted by Gasteiger charge is -2.22. The molecule has 1 atom stereocenters. The largest absolute Gasteiger partial charge is 0.374 e. The van der Waals surface area contributed by atoms with Crippen LogP contribution < -0.4 is 10.6 Å². The molecule has 0 aliphatic carbocycles. The fraction of sp³-hybridized carbons (Fsp3) is 0.273. The van der Waals surface area contributed by atoms with Gasteiger partial charge in [0.2, 0.25) is 11.8 Å². The number of pyridine rings is 1. The summed E-state index contributed by atoms with van der Waals surface area (Å²) in [6.45, 7) is 0. The Kier molecular flexibility index (Phi) is 3.01. The number of nitrogens with zero attached hydrogens (tertiary/aromatic N) is 2. The van der Waals surface area contributed by atoms with E-state index in [1.807, 2.05) is 6.07 Å². The summed E-state index contributed by atoms with van der Waals surface area (Å²) in [6.07, 6.45) is 2.27. The summed E-state index contributed by atoms with van der Waals surface area (Å²) in [6, 6.07) is 4.70. The zero-order valence-corrected chi connectivity index (χ0v) is 8.93. The van der Waals surface area contributed by atoms with Gasteiger partial charge in [0.1, 0.15) is 17.8 Å². The molecule has 0 saturated carbocycles. The third-order valence-corrected chi connectivity index (χ3v) is 2.45. The fourth-order valence-corrected chi connectivity index (χ4v) is 1.61. The number of carbonyl (C=O) groups is 2. The third-order valence-electron chi connectivity index (χ3n) is 2.45. The maximum atomic E-state index is 11.5. The van der Waals surface area contributed by atoms with E-state index in [1.165, 1.54) is 6.20 Å². The molecule has 1 aromatic rings. The summed E-state index contributed by atoms with van der Waals surface area (Å²) >= 11 is 0. The molecule has 2 amide bonds. The normalized spacial score (nSPS) is 19.4. The summed E-state index contributed by atoms with van der Waals surface area (Å²) in [5, 5.41) is 13.9. The summed E-state index contributed by atoms with van der Waals surface area (Å²) in [5.41, 5.74) is 0.924. The van der Waals surface area contributed by atoms with E-state index in [9.17, 15) is 9.59 Å². The number of carbonyl (C=O) groups excluding carboxylic acids is 2. The minimum Gasteiger partial charge on any atom is -0.374 e. The van der Waals surface area contributed by atoms with Gasteiger partial charge in [0.25, 0.3) is 0 Å². The van der Waals surface area contributed by atoms with Gasteiger partial charge in [0.15, 0.2) is 0 Å². The maximum Gasteiger partial charge on any atom is 0.249 e. The Labute approximate surface area is 97.7 Å². The van der Waals surface area contributed by atoms with Gasteiger partial charge in [-0.1, -0.05) is 0 Å². The first kappa shape index (κ1) is 11.1. The lowest BCUT2D eigenvalue weighted by molar-refractivity contribution is -0.133. The van der Waals surface area contributed by atoms with Crippen molar-refractivity contribution < 1.29 is 9.59 Å². The van der Waals surface area contributed by atoms with E-state index in [0.717, 1.165) is 0 Å². The molecule has 1 fully saturated rings. The molecule has 6 nitrogen and oxygen atoms in total. The number of nitrogens with one attached hydrogen (secondary N) is 2. The first-order valence-electron chi connectivity index (χ1n) is 5.15. The van der Waals surface area contributed by atoms with Gasteiger partial charge in [0.05, 0.1) is 0 Å². The maximum absolute atomic E-state index is 11.5. The van der Waals surface area contributed by atoms with Gasteiger partial charge < -0.3 is 5.32 Å². The molecule has 0 bridgehead atoms. The zero-order chi connectivity index (χ0) is 12.3. The Balaban J connectivity index is 2.08. The van der Waals surface area contributed by atoms with Gasteiger partial charge in [-0.15, -0.1) is 0 Å². The van der Waals surface area contributed by atoms with E-state index in [4.69, 9.17) is 5.26 Å². The number of piperidine rings is 1. The minimum atomic E-state index is -0.443. The predicted octanol–water partition coefficient (Wildman–Crippen LogP) is 0.170. The molecular formula is C11H10N4O2.